The van der Waals surface area contributed by atoms with Crippen LogP contribution in [0.15, 0.2) is 42.5 Å². The van der Waals surface area contributed by atoms with Crippen molar-refractivity contribution >= 4 is 0 Å². The van der Waals surface area contributed by atoms with Crippen LogP contribution in [0.2, 0.25) is 0 Å². The van der Waals surface area contributed by atoms with Crippen LogP contribution >= 0.6 is 0 Å². The van der Waals surface area contributed by atoms with Gasteiger partial charge in [-0.3, -0.25) is 10.00 Å². The molecule has 1 aliphatic heterocycles. The highest BCUT2D eigenvalue weighted by atomic mass is 19.1. The lowest BCUT2D eigenvalue weighted by atomic mass is 10.0. The summed E-state index contributed by atoms with van der Waals surface area (Å²) in [5, 5.41) is 7.49. The fraction of sp³-hybridized carbons (Fsp3) is 0.250. The van der Waals surface area contributed by atoms with Crippen LogP contribution in [0.5, 0.6) is 5.75 Å². The molecule has 0 saturated carbocycles. The third-order valence-corrected chi connectivity index (χ3v) is 4.73. The maximum atomic E-state index is 13.6. The van der Waals surface area contributed by atoms with Crippen molar-refractivity contribution < 1.29 is 13.5 Å². The molecule has 1 N–H and O–H groups in total. The molecule has 0 amide bonds. The van der Waals surface area contributed by atoms with Gasteiger partial charge in [0, 0.05) is 42.9 Å². The molecule has 2 heterocycles. The first-order chi connectivity index (χ1) is 12.6. The Balaban J connectivity index is 1.57. The Morgan fingerprint density at radius 3 is 2.88 bits per heavy atom. The number of benzene rings is 2. The highest BCUT2D eigenvalue weighted by Crippen LogP contribution is 2.29. The Bertz CT molecular complexity index is 939. The molecule has 1 aromatic heterocycles. The van der Waals surface area contributed by atoms with E-state index in [1.165, 1.54) is 25.3 Å². The average Bonchev–Trinajstić information content (AvgIpc) is 3.06. The van der Waals surface area contributed by atoms with Gasteiger partial charge < -0.3 is 4.74 Å². The summed E-state index contributed by atoms with van der Waals surface area (Å²) in [6, 6.07) is 11.4. The van der Waals surface area contributed by atoms with Crippen molar-refractivity contribution in [1.29, 1.82) is 0 Å². The van der Waals surface area contributed by atoms with Crippen molar-refractivity contribution in [1.82, 2.24) is 15.1 Å². The number of ether oxygens (including phenoxy) is 1. The summed E-state index contributed by atoms with van der Waals surface area (Å²) >= 11 is 0. The second-order valence-corrected chi connectivity index (χ2v) is 6.47. The molecule has 1 aliphatic rings. The molecule has 0 atom stereocenters. The Morgan fingerprint density at radius 2 is 2.08 bits per heavy atom. The number of aromatic nitrogens is 2. The largest absolute Gasteiger partial charge is 0.494 e. The summed E-state index contributed by atoms with van der Waals surface area (Å²) in [5.41, 5.74) is 4.74. The molecule has 2 aromatic carbocycles. The summed E-state index contributed by atoms with van der Waals surface area (Å²) in [6.45, 7) is 2.26. The van der Waals surface area contributed by atoms with Crippen LogP contribution in [0, 0.1) is 11.6 Å². The number of rotatable bonds is 4. The molecule has 0 radical (unpaired) electrons. The van der Waals surface area contributed by atoms with Crippen molar-refractivity contribution in [3.63, 3.8) is 0 Å². The van der Waals surface area contributed by atoms with Crippen molar-refractivity contribution in [3.05, 3.63) is 70.9 Å². The van der Waals surface area contributed by atoms with Gasteiger partial charge in [0.05, 0.1) is 12.8 Å². The van der Waals surface area contributed by atoms with E-state index in [0.717, 1.165) is 41.0 Å². The lowest BCUT2D eigenvalue weighted by Gasteiger charge is -2.27. The molecule has 0 spiro atoms. The summed E-state index contributed by atoms with van der Waals surface area (Å²) in [4.78, 5) is 2.27. The van der Waals surface area contributed by atoms with Crippen LogP contribution in [0.25, 0.3) is 11.3 Å². The van der Waals surface area contributed by atoms with Gasteiger partial charge >= 0.3 is 0 Å². The van der Waals surface area contributed by atoms with Crippen molar-refractivity contribution in [3.8, 4) is 17.0 Å². The lowest BCUT2D eigenvalue weighted by Crippen LogP contribution is -2.30. The highest BCUT2D eigenvalue weighted by Gasteiger charge is 2.23. The van der Waals surface area contributed by atoms with Gasteiger partial charge in [0.25, 0.3) is 0 Å². The van der Waals surface area contributed by atoms with E-state index in [9.17, 15) is 8.78 Å². The Hall–Kier alpha value is -2.73. The molecular weight excluding hydrogens is 336 g/mol. The SMILES string of the molecule is COc1cc(CN2CCc3[nH]nc(-c4cccc(F)c4)c3C2)ccc1F. The molecule has 0 bridgehead atoms. The first-order valence-electron chi connectivity index (χ1n) is 8.51. The fourth-order valence-corrected chi connectivity index (χ4v) is 3.42. The summed E-state index contributed by atoms with van der Waals surface area (Å²) in [7, 11) is 1.46. The van der Waals surface area contributed by atoms with Crippen LogP contribution in [-0.4, -0.2) is 28.8 Å². The summed E-state index contributed by atoms with van der Waals surface area (Å²) in [6.07, 6.45) is 0.843. The molecule has 6 heteroatoms. The zero-order valence-corrected chi connectivity index (χ0v) is 14.4. The fourth-order valence-electron chi connectivity index (χ4n) is 3.42. The third kappa shape index (κ3) is 3.20. The number of hydrogen-bond donors (Lipinski definition) is 1. The second-order valence-electron chi connectivity index (χ2n) is 6.47. The van der Waals surface area contributed by atoms with E-state index in [4.69, 9.17) is 4.74 Å². The second kappa shape index (κ2) is 6.88. The van der Waals surface area contributed by atoms with Crippen LogP contribution < -0.4 is 4.74 Å². The normalized spacial score (nSPS) is 14.3. The summed E-state index contributed by atoms with van der Waals surface area (Å²) in [5.74, 6) is -0.380. The van der Waals surface area contributed by atoms with Gasteiger partial charge in [-0.05, 0) is 29.8 Å². The number of nitrogens with one attached hydrogen (secondary N) is 1. The molecule has 4 rings (SSSR count). The van der Waals surface area contributed by atoms with E-state index < -0.39 is 0 Å². The minimum Gasteiger partial charge on any atom is -0.494 e. The maximum Gasteiger partial charge on any atom is 0.165 e. The minimum atomic E-state index is -0.361. The lowest BCUT2D eigenvalue weighted by molar-refractivity contribution is 0.244. The van der Waals surface area contributed by atoms with Gasteiger partial charge in [0.15, 0.2) is 11.6 Å². The average molecular weight is 355 g/mol. The van der Waals surface area contributed by atoms with Gasteiger partial charge in [-0.25, -0.2) is 8.78 Å². The van der Waals surface area contributed by atoms with Gasteiger partial charge in [0.1, 0.15) is 5.82 Å². The number of H-pyrrole nitrogens is 1. The Kier molecular flexibility index (Phi) is 4.42. The monoisotopic (exact) mass is 355 g/mol. The third-order valence-electron chi connectivity index (χ3n) is 4.73. The first-order valence-corrected chi connectivity index (χ1v) is 8.51. The number of hydrogen-bond acceptors (Lipinski definition) is 3. The predicted octanol–water partition coefficient (Wildman–Crippen LogP) is 3.92. The predicted molar refractivity (Wildman–Crippen MR) is 94.8 cm³/mol. The van der Waals surface area contributed by atoms with Crippen molar-refractivity contribution in [2.24, 2.45) is 0 Å². The summed E-state index contributed by atoms with van der Waals surface area (Å²) < 4.78 is 32.2. The first kappa shape index (κ1) is 16.7. The molecule has 134 valence electrons. The number of aromatic amines is 1. The molecule has 0 aliphatic carbocycles. The molecular formula is C20H19F2N3O. The highest BCUT2D eigenvalue weighted by molar-refractivity contribution is 5.64. The molecule has 0 unspecified atom stereocenters. The van der Waals surface area contributed by atoms with E-state index in [2.05, 4.69) is 15.1 Å². The number of halogens is 2. The quantitative estimate of drug-likeness (QED) is 0.771. The van der Waals surface area contributed by atoms with Gasteiger partial charge in [-0.2, -0.15) is 5.10 Å². The van der Waals surface area contributed by atoms with Crippen LogP contribution in [-0.2, 0) is 19.5 Å². The number of methoxy groups -OCH3 is 1. The smallest absolute Gasteiger partial charge is 0.165 e. The molecule has 0 fully saturated rings. The van der Waals surface area contributed by atoms with E-state index in [0.29, 0.717) is 13.1 Å². The molecule has 26 heavy (non-hydrogen) atoms. The number of nitrogens with zero attached hydrogens (tertiary/aromatic N) is 2. The minimum absolute atomic E-state index is 0.254. The van der Waals surface area contributed by atoms with Crippen molar-refractivity contribution in [2.45, 2.75) is 19.5 Å². The maximum absolute atomic E-state index is 13.6. The van der Waals surface area contributed by atoms with E-state index >= 15 is 0 Å². The van der Waals surface area contributed by atoms with E-state index in [1.54, 1.807) is 18.2 Å². The van der Waals surface area contributed by atoms with Crippen LogP contribution in [0.4, 0.5) is 8.78 Å². The Morgan fingerprint density at radius 1 is 1.19 bits per heavy atom. The zero-order chi connectivity index (χ0) is 18.1. The van der Waals surface area contributed by atoms with Gasteiger partial charge in [0.2, 0.25) is 0 Å². The zero-order valence-electron chi connectivity index (χ0n) is 14.4. The van der Waals surface area contributed by atoms with Crippen molar-refractivity contribution in [2.75, 3.05) is 13.7 Å². The van der Waals surface area contributed by atoms with Crippen LogP contribution in [0.3, 0.4) is 0 Å². The Labute approximate surface area is 150 Å². The molecule has 4 nitrogen and oxygen atoms in total. The molecule has 0 saturated heterocycles. The standard InChI is InChI=1S/C20H19F2N3O/c1-26-19-9-13(5-6-17(19)22)11-25-8-7-18-16(12-25)20(24-23-18)14-3-2-4-15(21)10-14/h2-6,9-10H,7-8,11-12H2,1H3,(H,23,24). The topological polar surface area (TPSA) is 41.1 Å². The number of fused-ring (bicyclic) bond motifs is 1. The van der Waals surface area contributed by atoms with E-state index in [-0.39, 0.29) is 17.4 Å². The van der Waals surface area contributed by atoms with Gasteiger partial charge in [-0.1, -0.05) is 18.2 Å². The van der Waals surface area contributed by atoms with E-state index in [1.807, 2.05) is 6.07 Å². The molecule has 3 aromatic rings. The van der Waals surface area contributed by atoms with Crippen LogP contribution in [0.1, 0.15) is 16.8 Å². The van der Waals surface area contributed by atoms with Gasteiger partial charge in [-0.15, -0.1) is 0 Å².